The maximum Gasteiger partial charge on any atom is 0.0755 e. The van der Waals surface area contributed by atoms with E-state index in [1.807, 2.05) is 11.3 Å². The Morgan fingerprint density at radius 2 is 2.28 bits per heavy atom. The lowest BCUT2D eigenvalue weighted by molar-refractivity contribution is 0.0515. The molecule has 4 heteroatoms. The number of nitrogens with zero attached hydrogens (tertiary/aromatic N) is 2. The van der Waals surface area contributed by atoms with Gasteiger partial charge in [-0.05, 0) is 31.0 Å². The van der Waals surface area contributed by atoms with E-state index in [1.165, 1.54) is 23.5 Å². The number of hydrogen-bond donors (Lipinski definition) is 0. The van der Waals surface area contributed by atoms with Crippen molar-refractivity contribution in [2.45, 2.75) is 19.6 Å². The molecule has 2 fully saturated rings. The molecule has 0 N–H and O–H groups in total. The molecule has 18 heavy (non-hydrogen) atoms. The van der Waals surface area contributed by atoms with E-state index < -0.39 is 0 Å². The molecular weight excluding hydrogens is 244 g/mol. The summed E-state index contributed by atoms with van der Waals surface area (Å²) in [5.74, 6) is 0.692. The van der Waals surface area contributed by atoms with Gasteiger partial charge in [0.1, 0.15) is 0 Å². The highest BCUT2D eigenvalue weighted by Crippen LogP contribution is 2.26. The quantitative estimate of drug-likeness (QED) is 0.812. The first-order valence-electron chi connectivity index (χ1n) is 6.78. The van der Waals surface area contributed by atoms with Crippen LogP contribution >= 0.6 is 11.3 Å². The minimum Gasteiger partial charge on any atom is -0.375 e. The summed E-state index contributed by atoms with van der Waals surface area (Å²) in [6.07, 6.45) is 0.454. The van der Waals surface area contributed by atoms with Crippen LogP contribution in [-0.4, -0.2) is 55.7 Å². The van der Waals surface area contributed by atoms with Gasteiger partial charge in [-0.15, -0.1) is 11.3 Å². The third-order valence-electron chi connectivity index (χ3n) is 4.14. The maximum absolute atomic E-state index is 6.00. The molecule has 0 radical (unpaired) electrons. The van der Waals surface area contributed by atoms with Gasteiger partial charge in [0, 0.05) is 43.5 Å². The first-order valence-corrected chi connectivity index (χ1v) is 7.66. The van der Waals surface area contributed by atoms with Crippen LogP contribution in [0.25, 0.3) is 0 Å². The molecule has 0 bridgehead atoms. The molecule has 0 unspecified atom stereocenters. The number of ether oxygens (including phenoxy) is 1. The molecule has 1 aromatic heterocycles. The Kier molecular flexibility index (Phi) is 3.71. The van der Waals surface area contributed by atoms with E-state index in [9.17, 15) is 0 Å². The summed E-state index contributed by atoms with van der Waals surface area (Å²) in [5.41, 5.74) is 1.44. The first-order chi connectivity index (χ1) is 8.72. The molecule has 100 valence electrons. The van der Waals surface area contributed by atoms with Gasteiger partial charge in [0.25, 0.3) is 0 Å². The summed E-state index contributed by atoms with van der Waals surface area (Å²) in [6.45, 7) is 8.77. The van der Waals surface area contributed by atoms with Gasteiger partial charge in [-0.2, -0.15) is 0 Å². The lowest BCUT2D eigenvalue weighted by atomic mass is 10.1. The van der Waals surface area contributed by atoms with E-state index >= 15 is 0 Å². The SMILES string of the molecule is Cc1ccsc1CN1C[C@H]2CN(C)CCO[C@H]2C1. The first kappa shape index (κ1) is 12.6. The van der Waals surface area contributed by atoms with Crippen molar-refractivity contribution in [3.63, 3.8) is 0 Å². The zero-order chi connectivity index (χ0) is 12.5. The van der Waals surface area contributed by atoms with Crippen molar-refractivity contribution in [1.29, 1.82) is 0 Å². The molecule has 1 aromatic rings. The van der Waals surface area contributed by atoms with Crippen LogP contribution in [0.3, 0.4) is 0 Å². The second kappa shape index (κ2) is 5.29. The zero-order valence-corrected chi connectivity index (χ0v) is 12.1. The van der Waals surface area contributed by atoms with E-state index in [4.69, 9.17) is 4.74 Å². The van der Waals surface area contributed by atoms with Gasteiger partial charge in [-0.1, -0.05) is 0 Å². The third kappa shape index (κ3) is 2.62. The fourth-order valence-electron chi connectivity index (χ4n) is 3.04. The highest BCUT2D eigenvalue weighted by Gasteiger charge is 2.35. The number of rotatable bonds is 2. The molecule has 2 saturated heterocycles. The predicted molar refractivity (Wildman–Crippen MR) is 75.1 cm³/mol. The van der Waals surface area contributed by atoms with Crippen LogP contribution < -0.4 is 0 Å². The highest BCUT2D eigenvalue weighted by atomic mass is 32.1. The van der Waals surface area contributed by atoms with Gasteiger partial charge in [0.05, 0.1) is 12.7 Å². The predicted octanol–water partition coefficient (Wildman–Crippen LogP) is 1.82. The molecule has 0 saturated carbocycles. The van der Waals surface area contributed by atoms with Crippen molar-refractivity contribution in [3.8, 4) is 0 Å². The van der Waals surface area contributed by atoms with Gasteiger partial charge in [-0.25, -0.2) is 0 Å². The van der Waals surface area contributed by atoms with Crippen LogP contribution in [0.1, 0.15) is 10.4 Å². The molecule has 0 aliphatic carbocycles. The summed E-state index contributed by atoms with van der Waals surface area (Å²) in [7, 11) is 2.21. The van der Waals surface area contributed by atoms with Crippen LogP contribution in [-0.2, 0) is 11.3 Å². The smallest absolute Gasteiger partial charge is 0.0755 e. The highest BCUT2D eigenvalue weighted by molar-refractivity contribution is 7.10. The second-order valence-corrected chi connectivity index (χ2v) is 6.65. The Labute approximate surface area is 113 Å². The van der Waals surface area contributed by atoms with Crippen molar-refractivity contribution >= 4 is 11.3 Å². The standard InChI is InChI=1S/C14H22N2OS/c1-11-3-6-18-14(11)10-16-8-12-7-15(2)4-5-17-13(12)9-16/h3,6,12-13H,4-5,7-10H2,1-2H3/t12-,13+/m1/s1. The lowest BCUT2D eigenvalue weighted by Crippen LogP contribution is -2.29. The van der Waals surface area contributed by atoms with Gasteiger partial charge >= 0.3 is 0 Å². The van der Waals surface area contributed by atoms with Gasteiger partial charge < -0.3 is 9.64 Å². The molecule has 3 rings (SSSR count). The molecular formula is C14H22N2OS. The third-order valence-corrected chi connectivity index (χ3v) is 5.15. The number of hydrogen-bond acceptors (Lipinski definition) is 4. The Bertz CT molecular complexity index is 406. The Morgan fingerprint density at radius 1 is 1.39 bits per heavy atom. The number of likely N-dealkylation sites (N-methyl/N-ethyl adjacent to an activating group) is 1. The minimum atomic E-state index is 0.454. The van der Waals surface area contributed by atoms with Crippen molar-refractivity contribution in [2.75, 3.05) is 39.8 Å². The van der Waals surface area contributed by atoms with Gasteiger partial charge in [0.15, 0.2) is 0 Å². The molecule has 2 aliphatic heterocycles. The van der Waals surface area contributed by atoms with Crippen LogP contribution in [0.2, 0.25) is 0 Å². The van der Waals surface area contributed by atoms with E-state index in [-0.39, 0.29) is 0 Å². The summed E-state index contributed by atoms with van der Waals surface area (Å²) in [5, 5.41) is 2.20. The van der Waals surface area contributed by atoms with Crippen molar-refractivity contribution in [1.82, 2.24) is 9.80 Å². The Balaban J connectivity index is 1.63. The van der Waals surface area contributed by atoms with Crippen LogP contribution in [0.15, 0.2) is 11.4 Å². The minimum absolute atomic E-state index is 0.454. The number of fused-ring (bicyclic) bond motifs is 1. The van der Waals surface area contributed by atoms with Crippen LogP contribution in [0.5, 0.6) is 0 Å². The molecule has 3 nitrogen and oxygen atoms in total. The molecule has 0 aromatic carbocycles. The fraction of sp³-hybridized carbons (Fsp3) is 0.714. The number of likely N-dealkylation sites (tertiary alicyclic amines) is 1. The van der Waals surface area contributed by atoms with Crippen molar-refractivity contribution < 1.29 is 4.74 Å². The maximum atomic E-state index is 6.00. The summed E-state index contributed by atoms with van der Waals surface area (Å²) >= 11 is 1.88. The monoisotopic (exact) mass is 266 g/mol. The van der Waals surface area contributed by atoms with Gasteiger partial charge in [-0.3, -0.25) is 4.90 Å². The Hall–Kier alpha value is -0.420. The van der Waals surface area contributed by atoms with Gasteiger partial charge in [0.2, 0.25) is 0 Å². The van der Waals surface area contributed by atoms with E-state index in [0.29, 0.717) is 12.0 Å². The molecule has 3 heterocycles. The molecule has 2 atom stereocenters. The van der Waals surface area contributed by atoms with E-state index in [1.54, 1.807) is 0 Å². The van der Waals surface area contributed by atoms with Crippen LogP contribution in [0, 0.1) is 12.8 Å². The Morgan fingerprint density at radius 3 is 3.06 bits per heavy atom. The molecule has 0 spiro atoms. The van der Waals surface area contributed by atoms with Crippen LogP contribution in [0.4, 0.5) is 0 Å². The topological polar surface area (TPSA) is 15.7 Å². The molecule has 2 aliphatic rings. The lowest BCUT2D eigenvalue weighted by Gasteiger charge is -2.19. The largest absolute Gasteiger partial charge is 0.375 e. The second-order valence-electron chi connectivity index (χ2n) is 5.65. The summed E-state index contributed by atoms with van der Waals surface area (Å²) in [6, 6.07) is 2.22. The number of aryl methyl sites for hydroxylation is 1. The summed E-state index contributed by atoms with van der Waals surface area (Å²) in [4.78, 5) is 6.48. The van der Waals surface area contributed by atoms with Crippen molar-refractivity contribution in [3.05, 3.63) is 21.9 Å². The van der Waals surface area contributed by atoms with Crippen molar-refractivity contribution in [2.24, 2.45) is 5.92 Å². The average molecular weight is 266 g/mol. The molecule has 0 amide bonds. The average Bonchev–Trinajstić information content (AvgIpc) is 2.84. The fourth-order valence-corrected chi connectivity index (χ4v) is 3.99. The van der Waals surface area contributed by atoms with E-state index in [2.05, 4.69) is 35.2 Å². The summed E-state index contributed by atoms with van der Waals surface area (Å²) < 4.78 is 6.00. The zero-order valence-electron chi connectivity index (χ0n) is 11.3. The number of thiophene rings is 1. The van der Waals surface area contributed by atoms with E-state index in [0.717, 1.165) is 26.2 Å². The normalized spacial score (nSPS) is 30.3.